The Balaban J connectivity index is 2.04. The van der Waals surface area contributed by atoms with Gasteiger partial charge in [0.15, 0.2) is 0 Å². The predicted molar refractivity (Wildman–Crippen MR) is 67.0 cm³/mol. The number of hydrogen-bond acceptors (Lipinski definition) is 2. The van der Waals surface area contributed by atoms with Gasteiger partial charge in [0.2, 0.25) is 0 Å². The van der Waals surface area contributed by atoms with Crippen LogP contribution < -0.4 is 5.32 Å². The topological polar surface area (TPSA) is 24.9 Å². The first-order valence-corrected chi connectivity index (χ1v) is 6.43. The van der Waals surface area contributed by atoms with Crippen molar-refractivity contribution in [3.05, 3.63) is 22.8 Å². The van der Waals surface area contributed by atoms with Gasteiger partial charge in [0.1, 0.15) is 5.82 Å². The normalized spacial score (nSPS) is 26.3. The first-order valence-electron chi connectivity index (χ1n) is 5.64. The maximum atomic E-state index is 4.35. The molecule has 1 aliphatic carbocycles. The molecule has 0 amide bonds. The van der Waals surface area contributed by atoms with Crippen LogP contribution in [0.15, 0.2) is 22.8 Å². The Bertz CT molecular complexity index is 327. The Morgan fingerprint density at radius 3 is 2.93 bits per heavy atom. The van der Waals surface area contributed by atoms with Gasteiger partial charge in [0.05, 0.1) is 4.47 Å². The minimum Gasteiger partial charge on any atom is -0.366 e. The SMILES string of the molecule is CC1CCCCC1Nc1ncccc1Br. The molecule has 1 aromatic rings. The highest BCUT2D eigenvalue weighted by Gasteiger charge is 2.21. The van der Waals surface area contributed by atoms with Crippen molar-refractivity contribution in [3.8, 4) is 0 Å². The van der Waals surface area contributed by atoms with Crippen molar-refractivity contribution in [2.75, 3.05) is 5.32 Å². The molecule has 0 aliphatic heterocycles. The number of nitrogens with one attached hydrogen (secondary N) is 1. The van der Waals surface area contributed by atoms with Crippen LogP contribution in [0, 0.1) is 5.92 Å². The van der Waals surface area contributed by atoms with Crippen LogP contribution in [0.3, 0.4) is 0 Å². The van der Waals surface area contributed by atoms with Crippen LogP contribution in [0.1, 0.15) is 32.6 Å². The molecule has 0 saturated heterocycles. The van der Waals surface area contributed by atoms with E-state index in [0.717, 1.165) is 16.2 Å². The van der Waals surface area contributed by atoms with Crippen molar-refractivity contribution in [2.24, 2.45) is 5.92 Å². The zero-order valence-electron chi connectivity index (χ0n) is 9.04. The zero-order valence-corrected chi connectivity index (χ0v) is 10.6. The molecule has 0 radical (unpaired) electrons. The molecule has 0 aromatic carbocycles. The Kier molecular flexibility index (Phi) is 3.62. The van der Waals surface area contributed by atoms with Crippen LogP contribution in [0.2, 0.25) is 0 Å². The second-order valence-corrected chi connectivity index (χ2v) is 5.20. The van der Waals surface area contributed by atoms with Crippen LogP contribution in [0.5, 0.6) is 0 Å². The third-order valence-electron chi connectivity index (χ3n) is 3.19. The average Bonchev–Trinajstić information content (AvgIpc) is 2.24. The molecular formula is C12H17BrN2. The Labute approximate surface area is 99.6 Å². The molecule has 1 fully saturated rings. The maximum absolute atomic E-state index is 4.35. The summed E-state index contributed by atoms with van der Waals surface area (Å²) in [7, 11) is 0. The van der Waals surface area contributed by atoms with Crippen LogP contribution in [0.25, 0.3) is 0 Å². The largest absolute Gasteiger partial charge is 0.366 e. The molecule has 1 aliphatic rings. The minimum atomic E-state index is 0.588. The van der Waals surface area contributed by atoms with Crippen LogP contribution in [0.4, 0.5) is 5.82 Å². The molecule has 3 heteroatoms. The fourth-order valence-electron chi connectivity index (χ4n) is 2.20. The third kappa shape index (κ3) is 2.71. The number of halogens is 1. The fourth-order valence-corrected chi connectivity index (χ4v) is 2.57. The van der Waals surface area contributed by atoms with E-state index >= 15 is 0 Å². The predicted octanol–water partition coefficient (Wildman–Crippen LogP) is 3.83. The van der Waals surface area contributed by atoms with Crippen molar-refractivity contribution in [1.29, 1.82) is 0 Å². The number of rotatable bonds is 2. The molecule has 1 N–H and O–H groups in total. The van der Waals surface area contributed by atoms with Gasteiger partial charge in [-0.05, 0) is 46.8 Å². The second-order valence-electron chi connectivity index (χ2n) is 4.35. The van der Waals surface area contributed by atoms with Crippen molar-refractivity contribution in [1.82, 2.24) is 4.98 Å². The van der Waals surface area contributed by atoms with Crippen LogP contribution in [-0.2, 0) is 0 Å². The van der Waals surface area contributed by atoms with E-state index < -0.39 is 0 Å². The molecule has 0 bridgehead atoms. The summed E-state index contributed by atoms with van der Waals surface area (Å²) in [5, 5.41) is 3.54. The van der Waals surface area contributed by atoms with Gasteiger partial charge in [-0.2, -0.15) is 0 Å². The summed E-state index contributed by atoms with van der Waals surface area (Å²) in [6.07, 6.45) is 7.15. The number of nitrogens with zero attached hydrogens (tertiary/aromatic N) is 1. The van der Waals surface area contributed by atoms with E-state index in [2.05, 4.69) is 33.2 Å². The van der Waals surface area contributed by atoms with E-state index in [1.807, 2.05) is 18.3 Å². The lowest BCUT2D eigenvalue weighted by Gasteiger charge is -2.30. The van der Waals surface area contributed by atoms with Crippen molar-refractivity contribution in [3.63, 3.8) is 0 Å². The monoisotopic (exact) mass is 268 g/mol. The number of hydrogen-bond donors (Lipinski definition) is 1. The molecule has 2 unspecified atom stereocenters. The average molecular weight is 269 g/mol. The highest BCUT2D eigenvalue weighted by Crippen LogP contribution is 2.28. The third-order valence-corrected chi connectivity index (χ3v) is 3.83. The minimum absolute atomic E-state index is 0.588. The van der Waals surface area contributed by atoms with Crippen LogP contribution >= 0.6 is 15.9 Å². The van der Waals surface area contributed by atoms with Gasteiger partial charge in [-0.15, -0.1) is 0 Å². The van der Waals surface area contributed by atoms with Gasteiger partial charge in [-0.3, -0.25) is 0 Å². The van der Waals surface area contributed by atoms with E-state index in [0.29, 0.717) is 6.04 Å². The number of pyridine rings is 1. The molecule has 0 spiro atoms. The lowest BCUT2D eigenvalue weighted by molar-refractivity contribution is 0.349. The summed E-state index contributed by atoms with van der Waals surface area (Å²) in [5.41, 5.74) is 0. The highest BCUT2D eigenvalue weighted by molar-refractivity contribution is 9.10. The van der Waals surface area contributed by atoms with E-state index in [1.165, 1.54) is 25.7 Å². The van der Waals surface area contributed by atoms with Gasteiger partial charge in [0.25, 0.3) is 0 Å². The van der Waals surface area contributed by atoms with Crippen LogP contribution in [-0.4, -0.2) is 11.0 Å². The summed E-state index contributed by atoms with van der Waals surface area (Å²) < 4.78 is 1.06. The molecule has 2 rings (SSSR count). The van der Waals surface area contributed by atoms with Gasteiger partial charge in [-0.25, -0.2) is 4.98 Å². The smallest absolute Gasteiger partial charge is 0.140 e. The van der Waals surface area contributed by atoms with Crippen molar-refractivity contribution in [2.45, 2.75) is 38.6 Å². The summed E-state index contributed by atoms with van der Waals surface area (Å²) in [6.45, 7) is 2.33. The Morgan fingerprint density at radius 2 is 2.20 bits per heavy atom. The first kappa shape index (κ1) is 10.9. The standard InChI is InChI=1S/C12H17BrN2/c1-9-5-2-3-7-11(9)15-12-10(13)6-4-8-14-12/h4,6,8-9,11H,2-3,5,7H2,1H3,(H,14,15). The van der Waals surface area contributed by atoms with E-state index in [-0.39, 0.29) is 0 Å². The Hall–Kier alpha value is -0.570. The first-order chi connectivity index (χ1) is 7.27. The molecular weight excluding hydrogens is 252 g/mol. The van der Waals surface area contributed by atoms with Gasteiger partial charge < -0.3 is 5.32 Å². The van der Waals surface area contributed by atoms with Crippen molar-refractivity contribution < 1.29 is 0 Å². The van der Waals surface area contributed by atoms with Gasteiger partial charge >= 0.3 is 0 Å². The van der Waals surface area contributed by atoms with E-state index in [1.54, 1.807) is 0 Å². The molecule has 15 heavy (non-hydrogen) atoms. The zero-order chi connectivity index (χ0) is 10.7. The summed E-state index contributed by atoms with van der Waals surface area (Å²) in [4.78, 5) is 4.35. The molecule has 82 valence electrons. The number of aromatic nitrogens is 1. The van der Waals surface area contributed by atoms with Gasteiger partial charge in [-0.1, -0.05) is 19.8 Å². The lowest BCUT2D eigenvalue weighted by Crippen LogP contribution is -2.30. The molecule has 1 heterocycles. The van der Waals surface area contributed by atoms with E-state index in [9.17, 15) is 0 Å². The summed E-state index contributed by atoms with van der Waals surface area (Å²) in [6, 6.07) is 4.56. The highest BCUT2D eigenvalue weighted by atomic mass is 79.9. The molecule has 2 nitrogen and oxygen atoms in total. The molecule has 1 aromatic heterocycles. The molecule has 2 atom stereocenters. The van der Waals surface area contributed by atoms with E-state index in [4.69, 9.17) is 0 Å². The number of anilines is 1. The summed E-state index contributed by atoms with van der Waals surface area (Å²) in [5.74, 6) is 1.74. The Morgan fingerprint density at radius 1 is 1.40 bits per heavy atom. The maximum Gasteiger partial charge on any atom is 0.140 e. The van der Waals surface area contributed by atoms with Gasteiger partial charge in [0, 0.05) is 12.2 Å². The van der Waals surface area contributed by atoms with Crippen molar-refractivity contribution >= 4 is 21.7 Å². The molecule has 1 saturated carbocycles. The quantitative estimate of drug-likeness (QED) is 0.882. The fraction of sp³-hybridized carbons (Fsp3) is 0.583. The summed E-state index contributed by atoms with van der Waals surface area (Å²) >= 11 is 3.52. The second kappa shape index (κ2) is 4.97. The lowest BCUT2D eigenvalue weighted by atomic mass is 9.86.